The first-order valence-electron chi connectivity index (χ1n) is 5.88. The molecule has 2 amide bonds. The molecule has 0 saturated carbocycles. The molecule has 106 valence electrons. The summed E-state index contributed by atoms with van der Waals surface area (Å²) in [5.41, 5.74) is 0.619. The molecule has 0 radical (unpaired) electrons. The number of urea groups is 1. The summed E-state index contributed by atoms with van der Waals surface area (Å²) in [5, 5.41) is 10.3. The molecule has 1 rings (SSSR count). The van der Waals surface area contributed by atoms with E-state index in [9.17, 15) is 13.2 Å². The van der Waals surface area contributed by atoms with Crippen LogP contribution in [0.4, 0.5) is 10.5 Å². The van der Waals surface area contributed by atoms with Crippen LogP contribution in [0.5, 0.6) is 0 Å². The second-order valence-electron chi connectivity index (χ2n) is 4.10. The molecule has 0 fully saturated rings. The van der Waals surface area contributed by atoms with Crippen LogP contribution in [-0.2, 0) is 10.0 Å². The topological polar surface area (TPSA) is 114 Å². The Morgan fingerprint density at radius 3 is 2.58 bits per heavy atom. The van der Waals surface area contributed by atoms with Gasteiger partial charge in [-0.05, 0) is 25.0 Å². The van der Waals surface area contributed by atoms with Gasteiger partial charge in [-0.25, -0.2) is 18.4 Å². The maximum absolute atomic E-state index is 11.7. The number of rotatable bonds is 6. The van der Waals surface area contributed by atoms with Crippen molar-refractivity contribution in [1.82, 2.24) is 10.3 Å². The predicted octanol–water partition coefficient (Wildman–Crippen LogP) is 0.660. The van der Waals surface area contributed by atoms with Crippen LogP contribution in [0.15, 0.2) is 24.5 Å². The smallest absolute Gasteiger partial charge is 0.319 e. The molecule has 0 aliphatic heterocycles. The van der Waals surface area contributed by atoms with Crippen LogP contribution in [0.2, 0.25) is 0 Å². The minimum Gasteiger partial charge on any atom is -0.335 e. The molecule has 1 aromatic heterocycles. The highest BCUT2D eigenvalue weighted by molar-refractivity contribution is 7.89. The molecule has 0 spiro atoms. The van der Waals surface area contributed by atoms with Crippen molar-refractivity contribution >= 4 is 21.7 Å². The van der Waals surface area contributed by atoms with E-state index in [4.69, 9.17) is 5.14 Å². The third-order valence-corrected chi connectivity index (χ3v) is 3.32. The van der Waals surface area contributed by atoms with E-state index >= 15 is 0 Å². The summed E-state index contributed by atoms with van der Waals surface area (Å²) in [7, 11) is -3.50. The van der Waals surface area contributed by atoms with Crippen LogP contribution in [-0.4, -0.2) is 31.2 Å². The number of carbonyl (C=O) groups excluding carboxylic acids is 1. The highest BCUT2D eigenvalue weighted by Crippen LogP contribution is 2.04. The van der Waals surface area contributed by atoms with E-state index in [1.807, 2.05) is 6.92 Å². The van der Waals surface area contributed by atoms with Gasteiger partial charge in [0.1, 0.15) is 0 Å². The number of hydrogen-bond donors (Lipinski definition) is 3. The zero-order valence-electron chi connectivity index (χ0n) is 10.7. The molecular formula is C11H18N4O3S. The van der Waals surface area contributed by atoms with Crippen LogP contribution < -0.4 is 15.8 Å². The molecule has 1 atom stereocenters. The molecule has 1 heterocycles. The summed E-state index contributed by atoms with van der Waals surface area (Å²) in [6.07, 6.45) is 4.04. The van der Waals surface area contributed by atoms with Crippen molar-refractivity contribution in [2.24, 2.45) is 5.14 Å². The maximum atomic E-state index is 11.7. The van der Waals surface area contributed by atoms with Crippen molar-refractivity contribution in [3.05, 3.63) is 24.5 Å². The molecule has 1 unspecified atom stereocenters. The van der Waals surface area contributed by atoms with E-state index in [1.165, 1.54) is 0 Å². The summed E-state index contributed by atoms with van der Waals surface area (Å²) < 4.78 is 21.7. The van der Waals surface area contributed by atoms with Gasteiger partial charge in [0.05, 0.1) is 5.75 Å². The highest BCUT2D eigenvalue weighted by atomic mass is 32.2. The van der Waals surface area contributed by atoms with Crippen molar-refractivity contribution in [3.8, 4) is 0 Å². The fourth-order valence-electron chi connectivity index (χ4n) is 1.47. The number of nitrogens with one attached hydrogen (secondary N) is 2. The SMILES string of the molecule is CCC(CCS(N)(=O)=O)NC(=O)Nc1ccncc1. The average molecular weight is 286 g/mol. The Morgan fingerprint density at radius 2 is 2.05 bits per heavy atom. The lowest BCUT2D eigenvalue weighted by Crippen LogP contribution is -2.39. The van der Waals surface area contributed by atoms with Gasteiger partial charge in [0.2, 0.25) is 10.0 Å². The molecular weight excluding hydrogens is 268 g/mol. The number of anilines is 1. The number of primary sulfonamides is 1. The molecule has 19 heavy (non-hydrogen) atoms. The van der Waals surface area contributed by atoms with Gasteiger partial charge in [0.15, 0.2) is 0 Å². The Morgan fingerprint density at radius 1 is 1.42 bits per heavy atom. The molecule has 0 saturated heterocycles. The minimum atomic E-state index is -3.50. The van der Waals surface area contributed by atoms with E-state index < -0.39 is 10.0 Å². The van der Waals surface area contributed by atoms with E-state index in [0.717, 1.165) is 0 Å². The molecule has 1 aromatic rings. The molecule has 7 nitrogen and oxygen atoms in total. The molecule has 0 bridgehead atoms. The van der Waals surface area contributed by atoms with Gasteiger partial charge in [0.25, 0.3) is 0 Å². The van der Waals surface area contributed by atoms with Gasteiger partial charge in [-0.2, -0.15) is 0 Å². The van der Waals surface area contributed by atoms with Gasteiger partial charge in [-0.1, -0.05) is 6.92 Å². The fourth-order valence-corrected chi connectivity index (χ4v) is 2.09. The van der Waals surface area contributed by atoms with Gasteiger partial charge < -0.3 is 10.6 Å². The average Bonchev–Trinajstić information content (AvgIpc) is 2.34. The zero-order valence-corrected chi connectivity index (χ0v) is 11.5. The van der Waals surface area contributed by atoms with E-state index in [2.05, 4.69) is 15.6 Å². The predicted molar refractivity (Wildman–Crippen MR) is 73.1 cm³/mol. The Hall–Kier alpha value is -1.67. The molecule has 8 heteroatoms. The van der Waals surface area contributed by atoms with Crippen LogP contribution in [0, 0.1) is 0 Å². The molecule has 0 aromatic carbocycles. The lowest BCUT2D eigenvalue weighted by Gasteiger charge is -2.16. The van der Waals surface area contributed by atoms with E-state index in [1.54, 1.807) is 24.5 Å². The highest BCUT2D eigenvalue weighted by Gasteiger charge is 2.13. The van der Waals surface area contributed by atoms with Crippen molar-refractivity contribution in [2.45, 2.75) is 25.8 Å². The molecule has 0 aliphatic rings. The van der Waals surface area contributed by atoms with Crippen molar-refractivity contribution in [1.29, 1.82) is 0 Å². The quantitative estimate of drug-likeness (QED) is 0.712. The first-order valence-corrected chi connectivity index (χ1v) is 7.60. The minimum absolute atomic E-state index is 0.152. The number of pyridine rings is 1. The number of nitrogens with two attached hydrogens (primary N) is 1. The first kappa shape index (κ1) is 15.4. The summed E-state index contributed by atoms with van der Waals surface area (Å²) in [5.74, 6) is -0.152. The number of amides is 2. The largest absolute Gasteiger partial charge is 0.335 e. The van der Waals surface area contributed by atoms with Crippen molar-refractivity contribution in [3.63, 3.8) is 0 Å². The fraction of sp³-hybridized carbons (Fsp3) is 0.455. The van der Waals surface area contributed by atoms with Gasteiger partial charge in [-0.3, -0.25) is 4.98 Å². The van der Waals surface area contributed by atoms with Crippen LogP contribution in [0.3, 0.4) is 0 Å². The van der Waals surface area contributed by atoms with E-state index in [-0.39, 0.29) is 17.8 Å². The normalized spacial score (nSPS) is 12.7. The van der Waals surface area contributed by atoms with Crippen molar-refractivity contribution in [2.75, 3.05) is 11.1 Å². The molecule has 4 N–H and O–H groups in total. The Balaban J connectivity index is 2.45. The number of sulfonamides is 1. The lowest BCUT2D eigenvalue weighted by atomic mass is 10.2. The summed E-state index contributed by atoms with van der Waals surface area (Å²) >= 11 is 0. The first-order chi connectivity index (χ1) is 8.90. The number of hydrogen-bond acceptors (Lipinski definition) is 4. The Labute approximate surface area is 112 Å². The Bertz CT molecular complexity index is 504. The monoisotopic (exact) mass is 286 g/mol. The standard InChI is InChI=1S/C11H18N4O3S/c1-2-9(5-8-19(12,17)18)14-11(16)15-10-3-6-13-7-4-10/h3-4,6-7,9H,2,5,8H2,1H3,(H2,12,17,18)(H2,13,14,15,16). The lowest BCUT2D eigenvalue weighted by molar-refractivity contribution is 0.247. The van der Waals surface area contributed by atoms with Crippen LogP contribution >= 0.6 is 0 Å². The number of aromatic nitrogens is 1. The number of nitrogens with zero attached hydrogens (tertiary/aromatic N) is 1. The maximum Gasteiger partial charge on any atom is 0.319 e. The summed E-state index contributed by atoms with van der Waals surface area (Å²) in [6.45, 7) is 1.86. The van der Waals surface area contributed by atoms with Gasteiger partial charge in [-0.15, -0.1) is 0 Å². The Kier molecular flexibility index (Phi) is 5.71. The number of carbonyl (C=O) groups is 1. The van der Waals surface area contributed by atoms with E-state index in [0.29, 0.717) is 18.5 Å². The van der Waals surface area contributed by atoms with Crippen LogP contribution in [0.25, 0.3) is 0 Å². The second kappa shape index (κ2) is 7.05. The summed E-state index contributed by atoms with van der Waals surface area (Å²) in [4.78, 5) is 15.5. The zero-order chi connectivity index (χ0) is 14.3. The third kappa shape index (κ3) is 6.73. The van der Waals surface area contributed by atoms with Gasteiger partial charge in [0, 0.05) is 24.1 Å². The van der Waals surface area contributed by atoms with Gasteiger partial charge >= 0.3 is 6.03 Å². The summed E-state index contributed by atoms with van der Waals surface area (Å²) in [6, 6.07) is 2.70. The third-order valence-electron chi connectivity index (χ3n) is 2.52. The van der Waals surface area contributed by atoms with Crippen molar-refractivity contribution < 1.29 is 13.2 Å². The molecule has 0 aliphatic carbocycles. The second-order valence-corrected chi connectivity index (χ2v) is 5.83. The van der Waals surface area contributed by atoms with Crippen LogP contribution in [0.1, 0.15) is 19.8 Å².